The van der Waals surface area contributed by atoms with Gasteiger partial charge in [-0.2, -0.15) is 0 Å². The van der Waals surface area contributed by atoms with E-state index in [0.29, 0.717) is 11.7 Å². The van der Waals surface area contributed by atoms with Crippen molar-refractivity contribution in [2.24, 2.45) is 0 Å². The Labute approximate surface area is 98.7 Å². The second-order valence-electron chi connectivity index (χ2n) is 4.31. The van der Waals surface area contributed by atoms with Crippen LogP contribution >= 0.6 is 0 Å². The van der Waals surface area contributed by atoms with E-state index < -0.39 is 0 Å². The maximum atomic E-state index is 13.5. The lowest BCUT2D eigenvalue weighted by Gasteiger charge is -2.03. The summed E-state index contributed by atoms with van der Waals surface area (Å²) in [5.74, 6) is 1.23. The molecule has 0 spiro atoms. The normalized spacial score (nSPS) is 14.9. The van der Waals surface area contributed by atoms with E-state index in [1.807, 2.05) is 6.20 Å². The second-order valence-corrected chi connectivity index (χ2v) is 4.31. The number of hydrogen-bond acceptors (Lipinski definition) is 2. The molecule has 0 atom stereocenters. The van der Waals surface area contributed by atoms with Gasteiger partial charge in [-0.1, -0.05) is 0 Å². The van der Waals surface area contributed by atoms with Gasteiger partial charge in [-0.05, 0) is 31.0 Å². The van der Waals surface area contributed by atoms with Gasteiger partial charge >= 0.3 is 0 Å². The Bertz CT molecular complexity index is 546. The molecule has 1 aliphatic rings. The van der Waals surface area contributed by atoms with Crippen molar-refractivity contribution < 1.29 is 9.13 Å². The van der Waals surface area contributed by atoms with Crippen LogP contribution in [0.2, 0.25) is 0 Å². The van der Waals surface area contributed by atoms with E-state index in [4.69, 9.17) is 4.74 Å². The molecule has 1 aromatic carbocycles. The SMILES string of the molecule is COc1ccc(-c2ncc(C3CC3)[nH]2)cc1F. The number of aromatic amines is 1. The van der Waals surface area contributed by atoms with Crippen LogP contribution in [0.15, 0.2) is 24.4 Å². The zero-order valence-electron chi connectivity index (χ0n) is 9.53. The predicted octanol–water partition coefficient (Wildman–Crippen LogP) is 3.10. The number of ether oxygens (including phenoxy) is 1. The Hall–Kier alpha value is -1.84. The molecule has 0 saturated heterocycles. The fourth-order valence-electron chi connectivity index (χ4n) is 1.90. The number of aromatic nitrogens is 2. The van der Waals surface area contributed by atoms with Crippen molar-refractivity contribution in [3.05, 3.63) is 35.9 Å². The monoisotopic (exact) mass is 232 g/mol. The molecule has 17 heavy (non-hydrogen) atoms. The minimum atomic E-state index is -0.366. The van der Waals surface area contributed by atoms with Crippen LogP contribution < -0.4 is 4.74 Å². The largest absolute Gasteiger partial charge is 0.494 e. The average molecular weight is 232 g/mol. The highest BCUT2D eigenvalue weighted by Gasteiger charge is 2.25. The zero-order chi connectivity index (χ0) is 11.8. The van der Waals surface area contributed by atoms with Gasteiger partial charge in [-0.15, -0.1) is 0 Å². The van der Waals surface area contributed by atoms with E-state index in [-0.39, 0.29) is 11.6 Å². The van der Waals surface area contributed by atoms with Crippen molar-refractivity contribution in [1.29, 1.82) is 0 Å². The van der Waals surface area contributed by atoms with E-state index in [0.717, 1.165) is 11.3 Å². The highest BCUT2D eigenvalue weighted by Crippen LogP contribution is 2.39. The lowest BCUT2D eigenvalue weighted by molar-refractivity contribution is 0.386. The van der Waals surface area contributed by atoms with E-state index >= 15 is 0 Å². The molecule has 0 unspecified atom stereocenters. The Kier molecular flexibility index (Phi) is 2.35. The highest BCUT2D eigenvalue weighted by molar-refractivity contribution is 5.57. The summed E-state index contributed by atoms with van der Waals surface area (Å²) >= 11 is 0. The molecule has 3 rings (SSSR count). The van der Waals surface area contributed by atoms with Crippen molar-refractivity contribution in [2.45, 2.75) is 18.8 Å². The number of benzene rings is 1. The molecule has 1 aromatic heterocycles. The summed E-state index contributed by atoms with van der Waals surface area (Å²) in [6.45, 7) is 0. The van der Waals surface area contributed by atoms with Crippen molar-refractivity contribution >= 4 is 0 Å². The molecule has 3 nitrogen and oxygen atoms in total. The maximum absolute atomic E-state index is 13.5. The topological polar surface area (TPSA) is 37.9 Å². The lowest BCUT2D eigenvalue weighted by atomic mass is 10.2. The van der Waals surface area contributed by atoms with Crippen molar-refractivity contribution in [3.63, 3.8) is 0 Å². The number of nitrogens with one attached hydrogen (secondary N) is 1. The summed E-state index contributed by atoms with van der Waals surface area (Å²) < 4.78 is 18.4. The number of halogens is 1. The number of rotatable bonds is 3. The molecule has 0 radical (unpaired) electrons. The molecule has 1 fully saturated rings. The van der Waals surface area contributed by atoms with Gasteiger partial charge in [0, 0.05) is 23.4 Å². The van der Waals surface area contributed by atoms with Gasteiger partial charge in [0.05, 0.1) is 7.11 Å². The summed E-state index contributed by atoms with van der Waals surface area (Å²) in [6.07, 6.45) is 4.28. The van der Waals surface area contributed by atoms with Crippen LogP contribution in [-0.4, -0.2) is 17.1 Å². The van der Waals surface area contributed by atoms with Gasteiger partial charge in [-0.3, -0.25) is 0 Å². The standard InChI is InChI=1S/C13H13FN2O/c1-17-12-5-4-9(6-10(12)14)13-15-7-11(16-13)8-2-3-8/h4-8H,2-3H2,1H3,(H,15,16). The molecular formula is C13H13FN2O. The van der Waals surface area contributed by atoms with Gasteiger partial charge in [-0.25, -0.2) is 9.37 Å². The van der Waals surface area contributed by atoms with Crippen LogP contribution in [0, 0.1) is 5.82 Å². The van der Waals surface area contributed by atoms with Crippen LogP contribution in [0.4, 0.5) is 4.39 Å². The summed E-state index contributed by atoms with van der Waals surface area (Å²) in [4.78, 5) is 7.52. The molecule has 88 valence electrons. The van der Waals surface area contributed by atoms with Crippen LogP contribution in [0.3, 0.4) is 0 Å². The number of methoxy groups -OCH3 is 1. The van der Waals surface area contributed by atoms with Crippen molar-refractivity contribution in [1.82, 2.24) is 9.97 Å². The Morgan fingerprint density at radius 2 is 2.24 bits per heavy atom. The Morgan fingerprint density at radius 3 is 2.88 bits per heavy atom. The first-order chi connectivity index (χ1) is 8.28. The fourth-order valence-corrected chi connectivity index (χ4v) is 1.90. The third-order valence-corrected chi connectivity index (χ3v) is 3.04. The first-order valence-corrected chi connectivity index (χ1v) is 5.67. The second kappa shape index (κ2) is 3.87. The minimum absolute atomic E-state index is 0.253. The molecule has 0 amide bonds. The summed E-state index contributed by atoms with van der Waals surface area (Å²) in [5, 5.41) is 0. The first kappa shape index (κ1) is 10.3. The van der Waals surface area contributed by atoms with E-state index in [1.54, 1.807) is 12.1 Å². The number of H-pyrrole nitrogens is 1. The zero-order valence-corrected chi connectivity index (χ0v) is 9.53. The van der Waals surface area contributed by atoms with Crippen LogP contribution in [0.1, 0.15) is 24.5 Å². The van der Waals surface area contributed by atoms with E-state index in [2.05, 4.69) is 9.97 Å². The third-order valence-electron chi connectivity index (χ3n) is 3.04. The highest BCUT2D eigenvalue weighted by atomic mass is 19.1. The number of hydrogen-bond donors (Lipinski definition) is 1. The minimum Gasteiger partial charge on any atom is -0.494 e. The summed E-state index contributed by atoms with van der Waals surface area (Å²) in [5.41, 5.74) is 1.89. The Morgan fingerprint density at radius 1 is 1.41 bits per heavy atom. The van der Waals surface area contributed by atoms with Gasteiger partial charge in [0.2, 0.25) is 0 Å². The Balaban J connectivity index is 1.93. The molecule has 1 saturated carbocycles. The molecule has 1 N–H and O–H groups in total. The summed E-state index contributed by atoms with van der Waals surface area (Å²) in [6, 6.07) is 4.86. The van der Waals surface area contributed by atoms with Crippen LogP contribution in [0.5, 0.6) is 5.75 Å². The smallest absolute Gasteiger partial charge is 0.165 e. The quantitative estimate of drug-likeness (QED) is 0.883. The van der Waals surface area contributed by atoms with Gasteiger partial charge < -0.3 is 9.72 Å². The van der Waals surface area contributed by atoms with Crippen molar-refractivity contribution in [2.75, 3.05) is 7.11 Å². The van der Waals surface area contributed by atoms with Gasteiger partial charge in [0.1, 0.15) is 5.82 Å². The molecule has 1 aliphatic carbocycles. The third kappa shape index (κ3) is 1.90. The molecule has 2 aromatic rings. The molecule has 1 heterocycles. The molecular weight excluding hydrogens is 219 g/mol. The van der Waals surface area contributed by atoms with Crippen molar-refractivity contribution in [3.8, 4) is 17.1 Å². The van der Waals surface area contributed by atoms with Gasteiger partial charge in [0.25, 0.3) is 0 Å². The summed E-state index contributed by atoms with van der Waals surface area (Å²) in [7, 11) is 1.45. The fraction of sp³-hybridized carbons (Fsp3) is 0.308. The molecule has 0 bridgehead atoms. The number of imidazole rings is 1. The average Bonchev–Trinajstić information content (AvgIpc) is 3.07. The predicted molar refractivity (Wildman–Crippen MR) is 62.5 cm³/mol. The van der Waals surface area contributed by atoms with E-state index in [9.17, 15) is 4.39 Å². The van der Waals surface area contributed by atoms with E-state index in [1.165, 1.54) is 26.0 Å². The maximum Gasteiger partial charge on any atom is 0.165 e. The number of nitrogens with zero attached hydrogens (tertiary/aromatic N) is 1. The lowest BCUT2D eigenvalue weighted by Crippen LogP contribution is -1.89. The first-order valence-electron chi connectivity index (χ1n) is 5.67. The molecule has 0 aliphatic heterocycles. The molecule has 4 heteroatoms. The van der Waals surface area contributed by atoms with Crippen LogP contribution in [-0.2, 0) is 0 Å². The van der Waals surface area contributed by atoms with Gasteiger partial charge in [0.15, 0.2) is 11.6 Å². The van der Waals surface area contributed by atoms with Crippen LogP contribution in [0.25, 0.3) is 11.4 Å².